The zero-order valence-electron chi connectivity index (χ0n) is 7.60. The van der Waals surface area contributed by atoms with Crippen molar-refractivity contribution in [2.75, 3.05) is 0 Å². The van der Waals surface area contributed by atoms with Gasteiger partial charge in [-0.2, -0.15) is 0 Å². The van der Waals surface area contributed by atoms with E-state index in [1.807, 2.05) is 0 Å². The summed E-state index contributed by atoms with van der Waals surface area (Å²) in [6, 6.07) is 3.11. The number of aromatic hydroxyl groups is 1. The van der Waals surface area contributed by atoms with E-state index < -0.39 is 11.6 Å². The number of hydrogen-bond acceptors (Lipinski definition) is 2. The Hall–Kier alpha value is -1.38. The predicted molar refractivity (Wildman–Crippen MR) is 47.2 cm³/mol. The lowest BCUT2D eigenvalue weighted by Gasteiger charge is -2.04. The van der Waals surface area contributed by atoms with Crippen molar-refractivity contribution in [3.05, 3.63) is 29.1 Å². The minimum absolute atomic E-state index is 0.0725. The molecule has 0 saturated carbocycles. The summed E-state index contributed by atoms with van der Waals surface area (Å²) in [5.74, 6) is -1.15. The van der Waals surface area contributed by atoms with Crippen LogP contribution in [0, 0.1) is 12.7 Å². The monoisotopic (exact) mass is 182 g/mol. The maximum Gasteiger partial charge on any atom is 0.168 e. The summed E-state index contributed by atoms with van der Waals surface area (Å²) in [5.41, 5.74) is 0.723. The topological polar surface area (TPSA) is 37.3 Å². The molecule has 2 nitrogen and oxygen atoms in total. The van der Waals surface area contributed by atoms with Crippen LogP contribution in [0.15, 0.2) is 12.1 Å². The highest BCUT2D eigenvalue weighted by atomic mass is 19.1. The lowest BCUT2D eigenvalue weighted by Crippen LogP contribution is -1.98. The Kier molecular flexibility index (Phi) is 2.66. The van der Waals surface area contributed by atoms with Crippen LogP contribution in [0.4, 0.5) is 4.39 Å². The van der Waals surface area contributed by atoms with Crippen molar-refractivity contribution in [3.8, 4) is 5.75 Å². The highest BCUT2D eigenvalue weighted by Gasteiger charge is 2.10. The average molecular weight is 182 g/mol. The van der Waals surface area contributed by atoms with Crippen LogP contribution in [0.1, 0.15) is 18.1 Å². The third-order valence-corrected chi connectivity index (χ3v) is 1.83. The molecule has 0 aliphatic heterocycles. The Labute approximate surface area is 76.0 Å². The van der Waals surface area contributed by atoms with E-state index in [-0.39, 0.29) is 12.2 Å². The number of phenolic OH excluding ortho intramolecular Hbond substituents is 1. The number of carbonyl (C=O) groups excluding carboxylic acids is 1. The first kappa shape index (κ1) is 9.71. The van der Waals surface area contributed by atoms with Gasteiger partial charge in [0, 0.05) is 12.0 Å². The van der Waals surface area contributed by atoms with Crippen molar-refractivity contribution >= 4 is 5.78 Å². The Morgan fingerprint density at radius 2 is 2.15 bits per heavy atom. The normalized spacial score (nSPS) is 10.1. The van der Waals surface area contributed by atoms with E-state index in [2.05, 4.69) is 0 Å². The van der Waals surface area contributed by atoms with Gasteiger partial charge in [-0.1, -0.05) is 12.1 Å². The molecule has 0 heterocycles. The van der Waals surface area contributed by atoms with Crippen LogP contribution in [-0.4, -0.2) is 10.9 Å². The molecule has 0 spiro atoms. The first-order valence-corrected chi connectivity index (χ1v) is 3.98. The molecule has 0 fully saturated rings. The maximum atomic E-state index is 13.1. The summed E-state index contributed by atoms with van der Waals surface area (Å²) in [4.78, 5) is 10.7. The fourth-order valence-electron chi connectivity index (χ4n) is 1.12. The van der Waals surface area contributed by atoms with Crippen molar-refractivity contribution in [1.29, 1.82) is 0 Å². The number of phenols is 1. The lowest BCUT2D eigenvalue weighted by atomic mass is 10.1. The third-order valence-electron chi connectivity index (χ3n) is 1.83. The van der Waals surface area contributed by atoms with Crippen molar-refractivity contribution in [2.24, 2.45) is 0 Å². The van der Waals surface area contributed by atoms with Gasteiger partial charge in [0.25, 0.3) is 0 Å². The molecule has 0 unspecified atom stereocenters. The van der Waals surface area contributed by atoms with E-state index in [1.165, 1.54) is 6.92 Å². The largest absolute Gasteiger partial charge is 0.505 e. The first-order valence-electron chi connectivity index (χ1n) is 3.98. The molecule has 13 heavy (non-hydrogen) atoms. The Morgan fingerprint density at radius 1 is 1.54 bits per heavy atom. The molecule has 1 aromatic carbocycles. The Bertz CT molecular complexity index is 345. The summed E-state index contributed by atoms with van der Waals surface area (Å²) in [7, 11) is 0. The second-order valence-electron chi connectivity index (χ2n) is 3.08. The number of hydrogen-bond donors (Lipinski definition) is 1. The molecule has 70 valence electrons. The van der Waals surface area contributed by atoms with Gasteiger partial charge in [-0.15, -0.1) is 0 Å². The third kappa shape index (κ3) is 2.05. The maximum absolute atomic E-state index is 13.1. The molecule has 0 aliphatic rings. The van der Waals surface area contributed by atoms with Gasteiger partial charge >= 0.3 is 0 Å². The first-order chi connectivity index (χ1) is 6.02. The Balaban J connectivity index is 3.10. The summed E-state index contributed by atoms with van der Waals surface area (Å²) in [6.45, 7) is 2.96. The summed E-state index contributed by atoms with van der Waals surface area (Å²) in [5, 5.41) is 9.30. The van der Waals surface area contributed by atoms with Crippen molar-refractivity contribution in [3.63, 3.8) is 0 Å². The van der Waals surface area contributed by atoms with Crippen molar-refractivity contribution in [2.45, 2.75) is 20.3 Å². The van der Waals surface area contributed by atoms with Gasteiger partial charge in [0.05, 0.1) is 0 Å². The fraction of sp³-hybridized carbons (Fsp3) is 0.300. The minimum Gasteiger partial charge on any atom is -0.505 e. The lowest BCUT2D eigenvalue weighted by molar-refractivity contribution is -0.116. The average Bonchev–Trinajstić information content (AvgIpc) is 2.06. The zero-order chi connectivity index (χ0) is 10.0. The molecular formula is C10H11FO2. The molecule has 0 saturated heterocycles. The predicted octanol–water partition coefficient (Wildman–Crippen LogP) is 1.97. The highest BCUT2D eigenvalue weighted by Crippen LogP contribution is 2.24. The smallest absolute Gasteiger partial charge is 0.168 e. The van der Waals surface area contributed by atoms with Crippen LogP contribution in [0.3, 0.4) is 0 Å². The number of carbonyl (C=O) groups is 1. The molecule has 1 aromatic rings. The number of Topliss-reactive ketones (excluding diaryl/α,β-unsaturated/α-hetero) is 1. The molecule has 0 radical (unpaired) electrons. The van der Waals surface area contributed by atoms with Crippen molar-refractivity contribution in [1.82, 2.24) is 0 Å². The summed E-state index contributed by atoms with van der Waals surface area (Å²) >= 11 is 0. The van der Waals surface area contributed by atoms with Gasteiger partial charge in [-0.05, 0) is 19.4 Å². The molecular weight excluding hydrogens is 171 g/mol. The van der Waals surface area contributed by atoms with Gasteiger partial charge in [0.1, 0.15) is 5.78 Å². The highest BCUT2D eigenvalue weighted by molar-refractivity contribution is 5.78. The molecule has 0 aliphatic carbocycles. The summed E-state index contributed by atoms with van der Waals surface area (Å²) in [6.07, 6.45) is 0.0725. The van der Waals surface area contributed by atoms with Crippen LogP contribution in [0.25, 0.3) is 0 Å². The molecule has 0 bridgehead atoms. The second kappa shape index (κ2) is 3.56. The summed E-state index contributed by atoms with van der Waals surface area (Å²) < 4.78 is 13.1. The standard InChI is InChI=1S/C10H11FO2/c1-6-3-4-8(5-7(2)12)10(13)9(6)11/h3-4,13H,5H2,1-2H3. The van der Waals surface area contributed by atoms with E-state index >= 15 is 0 Å². The number of halogens is 1. The van der Waals surface area contributed by atoms with Crippen molar-refractivity contribution < 1.29 is 14.3 Å². The second-order valence-corrected chi connectivity index (χ2v) is 3.08. The molecule has 0 amide bonds. The minimum atomic E-state index is -0.640. The molecule has 0 atom stereocenters. The van der Waals surface area contributed by atoms with Gasteiger partial charge in [0.2, 0.25) is 0 Å². The number of rotatable bonds is 2. The SMILES string of the molecule is CC(=O)Cc1ccc(C)c(F)c1O. The number of ketones is 1. The van der Waals surface area contributed by atoms with Crippen LogP contribution in [0.2, 0.25) is 0 Å². The van der Waals surface area contributed by atoms with Gasteiger partial charge in [-0.3, -0.25) is 4.79 Å². The zero-order valence-corrected chi connectivity index (χ0v) is 7.60. The van der Waals surface area contributed by atoms with E-state index in [0.717, 1.165) is 0 Å². The number of benzene rings is 1. The van der Waals surface area contributed by atoms with E-state index in [4.69, 9.17) is 0 Å². The van der Waals surface area contributed by atoms with E-state index in [9.17, 15) is 14.3 Å². The van der Waals surface area contributed by atoms with E-state index in [0.29, 0.717) is 11.1 Å². The molecule has 0 aromatic heterocycles. The van der Waals surface area contributed by atoms with Crippen LogP contribution in [0.5, 0.6) is 5.75 Å². The number of aryl methyl sites for hydroxylation is 1. The Morgan fingerprint density at radius 3 is 2.69 bits per heavy atom. The fourth-order valence-corrected chi connectivity index (χ4v) is 1.12. The molecule has 3 heteroatoms. The van der Waals surface area contributed by atoms with E-state index in [1.54, 1.807) is 19.1 Å². The quantitative estimate of drug-likeness (QED) is 0.759. The van der Waals surface area contributed by atoms with Gasteiger partial charge in [-0.25, -0.2) is 4.39 Å². The van der Waals surface area contributed by atoms with Crippen LogP contribution < -0.4 is 0 Å². The van der Waals surface area contributed by atoms with Gasteiger partial charge in [0.15, 0.2) is 11.6 Å². The molecule has 1 N–H and O–H groups in total. The van der Waals surface area contributed by atoms with Crippen LogP contribution in [-0.2, 0) is 11.2 Å². The van der Waals surface area contributed by atoms with Crippen LogP contribution >= 0.6 is 0 Å². The van der Waals surface area contributed by atoms with Gasteiger partial charge < -0.3 is 5.11 Å². The molecule has 1 rings (SSSR count).